The maximum Gasteiger partial charge on any atom is 0.237 e. The van der Waals surface area contributed by atoms with E-state index in [0.29, 0.717) is 11.5 Å². The summed E-state index contributed by atoms with van der Waals surface area (Å²) in [6.07, 6.45) is 11.6. The van der Waals surface area contributed by atoms with Gasteiger partial charge in [0.25, 0.3) is 0 Å². The van der Waals surface area contributed by atoms with Gasteiger partial charge in [-0.25, -0.2) is 0 Å². The lowest BCUT2D eigenvalue weighted by Crippen LogP contribution is -2.58. The highest BCUT2D eigenvalue weighted by atomic mass is 16.1. The first-order valence-electron chi connectivity index (χ1n) is 8.01. The van der Waals surface area contributed by atoms with E-state index >= 15 is 0 Å². The molecular weight excluding hydrogens is 236 g/mol. The summed E-state index contributed by atoms with van der Waals surface area (Å²) in [5.74, 6) is -0.129. The number of amides is 1. The highest BCUT2D eigenvalue weighted by molar-refractivity contribution is 5.84. The average Bonchev–Trinajstić information content (AvgIpc) is 2.51. The van der Waals surface area contributed by atoms with Crippen LogP contribution in [0, 0.1) is 5.41 Å². The van der Waals surface area contributed by atoms with E-state index in [1.807, 2.05) is 0 Å². The minimum atomic E-state index is -0.435. The molecule has 0 heterocycles. The van der Waals surface area contributed by atoms with Gasteiger partial charge in [0.15, 0.2) is 0 Å². The van der Waals surface area contributed by atoms with E-state index in [1.165, 1.54) is 38.5 Å². The van der Waals surface area contributed by atoms with Gasteiger partial charge < -0.3 is 11.1 Å². The molecule has 0 spiro atoms. The van der Waals surface area contributed by atoms with E-state index in [2.05, 4.69) is 19.2 Å². The number of hydrogen-bond acceptors (Lipinski definition) is 2. The van der Waals surface area contributed by atoms with Gasteiger partial charge in [-0.3, -0.25) is 4.79 Å². The van der Waals surface area contributed by atoms with Crippen LogP contribution in [0.25, 0.3) is 0 Å². The van der Waals surface area contributed by atoms with Crippen LogP contribution in [0.4, 0.5) is 0 Å². The lowest BCUT2D eigenvalue weighted by atomic mass is 9.82. The smallest absolute Gasteiger partial charge is 0.237 e. The van der Waals surface area contributed by atoms with Crippen molar-refractivity contribution < 1.29 is 4.79 Å². The Kier molecular flexibility index (Phi) is 4.54. The van der Waals surface area contributed by atoms with Gasteiger partial charge in [-0.05, 0) is 43.9 Å². The zero-order valence-corrected chi connectivity index (χ0v) is 12.6. The molecule has 2 saturated carbocycles. The fourth-order valence-electron chi connectivity index (χ4n) is 3.77. The molecule has 0 radical (unpaired) electrons. The molecule has 0 aliphatic heterocycles. The van der Waals surface area contributed by atoms with Crippen molar-refractivity contribution in [3.05, 3.63) is 0 Å². The van der Waals surface area contributed by atoms with Crippen molar-refractivity contribution in [3.63, 3.8) is 0 Å². The van der Waals surface area contributed by atoms with Crippen molar-refractivity contribution >= 4 is 5.91 Å². The Labute approximate surface area is 117 Å². The molecule has 19 heavy (non-hydrogen) atoms. The van der Waals surface area contributed by atoms with Crippen molar-refractivity contribution in [1.29, 1.82) is 0 Å². The van der Waals surface area contributed by atoms with Crippen LogP contribution in [-0.2, 0) is 4.79 Å². The number of carbonyl (C=O) groups is 1. The molecule has 1 amide bonds. The van der Waals surface area contributed by atoms with Gasteiger partial charge in [0.1, 0.15) is 0 Å². The van der Waals surface area contributed by atoms with E-state index in [4.69, 9.17) is 5.73 Å². The Morgan fingerprint density at radius 2 is 1.68 bits per heavy atom. The normalized spacial score (nSPS) is 32.7. The second-order valence-electron chi connectivity index (χ2n) is 7.44. The molecule has 1 atom stereocenters. The monoisotopic (exact) mass is 266 g/mol. The van der Waals surface area contributed by atoms with Gasteiger partial charge in [-0.15, -0.1) is 0 Å². The summed E-state index contributed by atoms with van der Waals surface area (Å²) >= 11 is 0. The standard InChI is InChI=1S/C16H30N2O/c1-15(2)9-6-10-16(12-11-15,14(17)19)18-13-7-4-3-5-8-13/h13,18H,3-12H2,1-2H3,(H2,17,19). The lowest BCUT2D eigenvalue weighted by Gasteiger charge is -2.37. The van der Waals surface area contributed by atoms with Crippen LogP contribution in [0.15, 0.2) is 0 Å². The molecule has 3 heteroatoms. The minimum Gasteiger partial charge on any atom is -0.368 e. The first kappa shape index (κ1) is 14.8. The summed E-state index contributed by atoms with van der Waals surface area (Å²) in [6, 6.07) is 0.502. The molecule has 2 rings (SSSR count). The number of hydrogen-bond donors (Lipinski definition) is 2. The molecule has 2 fully saturated rings. The van der Waals surface area contributed by atoms with Crippen molar-refractivity contribution in [2.24, 2.45) is 11.1 Å². The number of primary amides is 1. The van der Waals surface area contributed by atoms with Gasteiger partial charge >= 0.3 is 0 Å². The Morgan fingerprint density at radius 1 is 1.00 bits per heavy atom. The van der Waals surface area contributed by atoms with Gasteiger partial charge in [0.2, 0.25) is 5.91 Å². The van der Waals surface area contributed by atoms with Crippen LogP contribution in [0.3, 0.4) is 0 Å². The molecule has 110 valence electrons. The summed E-state index contributed by atoms with van der Waals surface area (Å²) in [5.41, 5.74) is 5.69. The Bertz CT molecular complexity index is 321. The number of nitrogens with two attached hydrogens (primary N) is 1. The highest BCUT2D eigenvalue weighted by Crippen LogP contribution is 2.38. The second kappa shape index (κ2) is 5.82. The Morgan fingerprint density at radius 3 is 2.32 bits per heavy atom. The maximum atomic E-state index is 12.1. The van der Waals surface area contributed by atoms with E-state index in [1.54, 1.807) is 0 Å². The van der Waals surface area contributed by atoms with Crippen molar-refractivity contribution in [2.45, 2.75) is 89.6 Å². The minimum absolute atomic E-state index is 0.129. The molecule has 3 N–H and O–H groups in total. The topological polar surface area (TPSA) is 55.1 Å². The Hall–Kier alpha value is -0.570. The van der Waals surface area contributed by atoms with Gasteiger partial charge in [-0.1, -0.05) is 39.5 Å². The van der Waals surface area contributed by atoms with E-state index in [9.17, 15) is 4.79 Å². The number of carbonyl (C=O) groups excluding carboxylic acids is 1. The van der Waals surface area contributed by atoms with E-state index in [0.717, 1.165) is 25.7 Å². The Balaban J connectivity index is 2.06. The summed E-state index contributed by atoms with van der Waals surface area (Å²) in [5, 5.41) is 3.67. The van der Waals surface area contributed by atoms with Gasteiger partial charge in [0.05, 0.1) is 5.54 Å². The van der Waals surface area contributed by atoms with Crippen LogP contribution in [0.2, 0.25) is 0 Å². The van der Waals surface area contributed by atoms with Crippen LogP contribution < -0.4 is 11.1 Å². The van der Waals surface area contributed by atoms with Crippen molar-refractivity contribution in [1.82, 2.24) is 5.32 Å². The molecule has 0 aromatic rings. The lowest BCUT2D eigenvalue weighted by molar-refractivity contribution is -0.125. The van der Waals surface area contributed by atoms with E-state index < -0.39 is 5.54 Å². The molecule has 2 aliphatic carbocycles. The highest BCUT2D eigenvalue weighted by Gasteiger charge is 2.41. The molecule has 0 aromatic heterocycles. The molecule has 3 nitrogen and oxygen atoms in total. The molecule has 0 saturated heterocycles. The van der Waals surface area contributed by atoms with Gasteiger partial charge in [-0.2, -0.15) is 0 Å². The summed E-state index contributed by atoms with van der Waals surface area (Å²) < 4.78 is 0. The average molecular weight is 266 g/mol. The molecular formula is C16H30N2O. The van der Waals surface area contributed by atoms with Crippen molar-refractivity contribution in [2.75, 3.05) is 0 Å². The number of nitrogens with one attached hydrogen (secondary N) is 1. The molecule has 0 aromatic carbocycles. The third-order valence-electron chi connectivity index (χ3n) is 5.24. The zero-order valence-electron chi connectivity index (χ0n) is 12.6. The SMILES string of the molecule is CC1(C)CCCC(NC2CCCCC2)(C(N)=O)CC1. The first-order chi connectivity index (χ1) is 8.94. The predicted molar refractivity (Wildman–Crippen MR) is 78.8 cm³/mol. The quantitative estimate of drug-likeness (QED) is 0.771. The van der Waals surface area contributed by atoms with Crippen LogP contribution in [-0.4, -0.2) is 17.5 Å². The first-order valence-corrected chi connectivity index (χ1v) is 8.01. The van der Waals surface area contributed by atoms with Crippen LogP contribution >= 0.6 is 0 Å². The fourth-order valence-corrected chi connectivity index (χ4v) is 3.77. The largest absolute Gasteiger partial charge is 0.368 e. The van der Waals surface area contributed by atoms with Gasteiger partial charge in [0, 0.05) is 6.04 Å². The summed E-state index contributed by atoms with van der Waals surface area (Å²) in [6.45, 7) is 4.62. The summed E-state index contributed by atoms with van der Waals surface area (Å²) in [4.78, 5) is 12.1. The van der Waals surface area contributed by atoms with Crippen LogP contribution in [0.5, 0.6) is 0 Å². The zero-order chi connectivity index (χ0) is 13.9. The second-order valence-corrected chi connectivity index (χ2v) is 7.44. The predicted octanol–water partition coefficient (Wildman–Crippen LogP) is 3.12. The van der Waals surface area contributed by atoms with Crippen molar-refractivity contribution in [3.8, 4) is 0 Å². The maximum absolute atomic E-state index is 12.1. The molecule has 1 unspecified atom stereocenters. The fraction of sp³-hybridized carbons (Fsp3) is 0.938. The third-order valence-corrected chi connectivity index (χ3v) is 5.24. The van der Waals surface area contributed by atoms with Crippen LogP contribution in [0.1, 0.15) is 78.1 Å². The molecule has 0 bridgehead atoms. The summed E-state index contributed by atoms with van der Waals surface area (Å²) in [7, 11) is 0. The molecule has 2 aliphatic rings. The van der Waals surface area contributed by atoms with E-state index in [-0.39, 0.29) is 5.91 Å². The third kappa shape index (κ3) is 3.71. The number of rotatable bonds is 3.